The lowest BCUT2D eigenvalue weighted by atomic mass is 10.1. The normalized spacial score (nSPS) is 14.2. The van der Waals surface area contributed by atoms with Crippen LogP contribution >= 0.6 is 11.6 Å². The van der Waals surface area contributed by atoms with Gasteiger partial charge in [0.05, 0.1) is 17.4 Å². The minimum Gasteiger partial charge on any atom is -0.437 e. The highest BCUT2D eigenvalue weighted by Crippen LogP contribution is 2.39. The van der Waals surface area contributed by atoms with Crippen LogP contribution in [-0.4, -0.2) is 54.0 Å². The molecular formula is C25H24ClF3N6O2. The number of carbonyl (C=O) groups excluding carboxylic acids is 1. The van der Waals surface area contributed by atoms with Gasteiger partial charge in [0.2, 0.25) is 17.7 Å². The molecule has 1 aliphatic heterocycles. The van der Waals surface area contributed by atoms with Crippen molar-refractivity contribution in [3.8, 4) is 11.6 Å². The molecule has 1 aromatic heterocycles. The van der Waals surface area contributed by atoms with Gasteiger partial charge in [-0.05, 0) is 43.5 Å². The van der Waals surface area contributed by atoms with E-state index in [0.717, 1.165) is 25.2 Å². The molecule has 0 saturated carbocycles. The number of carbonyl (C=O) groups is 1. The van der Waals surface area contributed by atoms with Gasteiger partial charge in [0.15, 0.2) is 0 Å². The minimum atomic E-state index is -4.60. The summed E-state index contributed by atoms with van der Waals surface area (Å²) < 4.78 is 47.6. The molecule has 2 heterocycles. The zero-order valence-electron chi connectivity index (χ0n) is 19.8. The molecule has 0 aliphatic carbocycles. The largest absolute Gasteiger partial charge is 0.437 e. The van der Waals surface area contributed by atoms with E-state index in [1.54, 1.807) is 24.3 Å². The van der Waals surface area contributed by atoms with Crippen LogP contribution in [0.25, 0.3) is 0 Å². The van der Waals surface area contributed by atoms with Gasteiger partial charge >= 0.3 is 6.18 Å². The van der Waals surface area contributed by atoms with E-state index in [-0.39, 0.29) is 22.5 Å². The summed E-state index contributed by atoms with van der Waals surface area (Å²) in [6.45, 7) is 6.21. The number of anilines is 4. The van der Waals surface area contributed by atoms with Crippen LogP contribution in [-0.2, 0) is 11.0 Å². The van der Waals surface area contributed by atoms with Gasteiger partial charge in [0.25, 0.3) is 0 Å². The van der Waals surface area contributed by atoms with E-state index >= 15 is 0 Å². The lowest BCUT2D eigenvalue weighted by Gasteiger charge is -2.34. The highest BCUT2D eigenvalue weighted by atomic mass is 35.5. The first-order chi connectivity index (χ1) is 17.6. The summed E-state index contributed by atoms with van der Waals surface area (Å²) in [5, 5.41) is 5.29. The maximum absolute atomic E-state index is 14.0. The molecule has 0 radical (unpaired) electrons. The molecule has 37 heavy (non-hydrogen) atoms. The first-order valence-electron chi connectivity index (χ1n) is 11.3. The topological polar surface area (TPSA) is 82.6 Å². The molecule has 0 unspecified atom stereocenters. The monoisotopic (exact) mass is 532 g/mol. The Morgan fingerprint density at radius 1 is 1.16 bits per heavy atom. The third-order valence-electron chi connectivity index (χ3n) is 5.64. The molecular weight excluding hydrogens is 509 g/mol. The summed E-state index contributed by atoms with van der Waals surface area (Å²) >= 11 is 6.17. The van der Waals surface area contributed by atoms with Crippen LogP contribution in [0, 0.1) is 0 Å². The number of aromatic nitrogens is 2. The summed E-state index contributed by atoms with van der Waals surface area (Å²) in [5.41, 5.74) is -0.0972. The highest BCUT2D eigenvalue weighted by molar-refractivity contribution is 6.31. The van der Waals surface area contributed by atoms with Gasteiger partial charge in [-0.2, -0.15) is 18.2 Å². The number of hydrogen-bond acceptors (Lipinski definition) is 7. The number of halogens is 4. The molecule has 3 aromatic rings. The first-order valence-corrected chi connectivity index (χ1v) is 11.7. The average Bonchev–Trinajstić information content (AvgIpc) is 2.86. The van der Waals surface area contributed by atoms with Crippen molar-refractivity contribution in [2.24, 2.45) is 0 Å². The fourth-order valence-corrected chi connectivity index (χ4v) is 3.81. The van der Waals surface area contributed by atoms with Crippen molar-refractivity contribution in [3.63, 3.8) is 0 Å². The highest BCUT2D eigenvalue weighted by Gasteiger charge is 2.35. The SMILES string of the molecule is C=CC(=O)Nc1cccc(Oc2nc(Nc3ccc(N4CCN(C)CC4)cc3C(F)(F)F)ncc2Cl)c1. The number of nitrogens with one attached hydrogen (secondary N) is 2. The average molecular weight is 533 g/mol. The minimum absolute atomic E-state index is 0.0486. The summed E-state index contributed by atoms with van der Waals surface area (Å²) in [6, 6.07) is 10.6. The Balaban J connectivity index is 1.57. The number of rotatable bonds is 7. The van der Waals surface area contributed by atoms with Gasteiger partial charge in [-0.15, -0.1) is 0 Å². The smallest absolute Gasteiger partial charge is 0.418 e. The molecule has 0 spiro atoms. The fraction of sp³-hybridized carbons (Fsp3) is 0.240. The Bertz CT molecular complexity index is 1300. The van der Waals surface area contributed by atoms with Crippen LogP contribution in [0.15, 0.2) is 61.3 Å². The maximum atomic E-state index is 14.0. The molecule has 1 saturated heterocycles. The van der Waals surface area contributed by atoms with Crippen LogP contribution in [0.5, 0.6) is 11.6 Å². The third-order valence-corrected chi connectivity index (χ3v) is 5.90. The van der Waals surface area contributed by atoms with E-state index in [4.69, 9.17) is 16.3 Å². The van der Waals surface area contributed by atoms with Crippen LogP contribution in [0.4, 0.5) is 36.2 Å². The van der Waals surface area contributed by atoms with Crippen molar-refractivity contribution < 1.29 is 22.7 Å². The summed E-state index contributed by atoms with van der Waals surface area (Å²) in [4.78, 5) is 23.7. The van der Waals surface area contributed by atoms with Crippen LogP contribution in [0.1, 0.15) is 5.56 Å². The molecule has 1 aliphatic rings. The van der Waals surface area contributed by atoms with Gasteiger partial charge in [0, 0.05) is 43.6 Å². The lowest BCUT2D eigenvalue weighted by Crippen LogP contribution is -2.44. The number of benzene rings is 2. The van der Waals surface area contributed by atoms with Crippen molar-refractivity contribution in [2.75, 3.05) is 48.8 Å². The van der Waals surface area contributed by atoms with Crippen LogP contribution in [0.3, 0.4) is 0 Å². The number of likely N-dealkylation sites (N-methyl/N-ethyl adjacent to an activating group) is 1. The quantitative estimate of drug-likeness (QED) is 0.385. The number of piperazine rings is 1. The number of amides is 1. The number of nitrogens with zero attached hydrogens (tertiary/aromatic N) is 4. The Morgan fingerprint density at radius 2 is 1.92 bits per heavy atom. The third kappa shape index (κ3) is 6.69. The van der Waals surface area contributed by atoms with E-state index in [1.165, 1.54) is 18.3 Å². The molecule has 12 heteroatoms. The fourth-order valence-electron chi connectivity index (χ4n) is 3.68. The molecule has 4 rings (SSSR count). The number of ether oxygens (including phenoxy) is 1. The van der Waals surface area contributed by atoms with Gasteiger partial charge in [-0.3, -0.25) is 4.79 Å². The van der Waals surface area contributed by atoms with E-state index < -0.39 is 17.6 Å². The van der Waals surface area contributed by atoms with Gasteiger partial charge < -0.3 is 25.2 Å². The van der Waals surface area contributed by atoms with E-state index in [0.29, 0.717) is 30.2 Å². The Kier molecular flexibility index (Phi) is 7.84. The molecule has 1 amide bonds. The molecule has 194 valence electrons. The maximum Gasteiger partial charge on any atom is 0.418 e. The molecule has 1 fully saturated rings. The second kappa shape index (κ2) is 11.1. The number of hydrogen-bond donors (Lipinski definition) is 2. The Morgan fingerprint density at radius 3 is 2.62 bits per heavy atom. The summed E-state index contributed by atoms with van der Waals surface area (Å²) in [7, 11) is 1.98. The molecule has 8 nitrogen and oxygen atoms in total. The van der Waals surface area contributed by atoms with Crippen LogP contribution in [0.2, 0.25) is 5.02 Å². The van der Waals surface area contributed by atoms with E-state index in [1.807, 2.05) is 11.9 Å². The van der Waals surface area contributed by atoms with Gasteiger partial charge in [-0.1, -0.05) is 24.2 Å². The van der Waals surface area contributed by atoms with E-state index in [9.17, 15) is 18.0 Å². The molecule has 0 atom stereocenters. The van der Waals surface area contributed by atoms with Crippen molar-refractivity contribution in [1.29, 1.82) is 0 Å². The second-order valence-corrected chi connectivity index (χ2v) is 8.72. The first kappa shape index (κ1) is 26.2. The molecule has 2 aromatic carbocycles. The van der Waals surface area contributed by atoms with Gasteiger partial charge in [-0.25, -0.2) is 4.98 Å². The van der Waals surface area contributed by atoms with E-state index in [2.05, 4.69) is 32.1 Å². The van der Waals surface area contributed by atoms with Crippen LogP contribution < -0.4 is 20.3 Å². The Labute approximate surface area is 216 Å². The van der Waals surface area contributed by atoms with Gasteiger partial charge in [0.1, 0.15) is 10.8 Å². The summed E-state index contributed by atoms with van der Waals surface area (Å²) in [6.07, 6.45) is -2.26. The number of alkyl halides is 3. The molecule has 0 bridgehead atoms. The predicted molar refractivity (Wildman–Crippen MR) is 137 cm³/mol. The van der Waals surface area contributed by atoms with Crippen molar-refractivity contribution in [3.05, 3.63) is 71.9 Å². The Hall–Kier alpha value is -3.83. The predicted octanol–water partition coefficient (Wildman–Crippen LogP) is 5.56. The van der Waals surface area contributed by atoms with Crippen molar-refractivity contribution >= 4 is 40.5 Å². The zero-order chi connectivity index (χ0) is 26.6. The second-order valence-electron chi connectivity index (χ2n) is 8.31. The zero-order valence-corrected chi connectivity index (χ0v) is 20.6. The standard InChI is InChI=1S/C25H24ClF3N6O2/c1-3-22(36)31-16-5-4-6-18(13-16)37-23-20(26)15-30-24(33-23)32-21-8-7-17(14-19(21)25(27,28)29)35-11-9-34(2)10-12-35/h3-8,13-15H,1,9-12H2,2H3,(H,31,36)(H,30,32,33). The molecule has 2 N–H and O–H groups in total. The van der Waals surface area contributed by atoms with Crippen molar-refractivity contribution in [1.82, 2.24) is 14.9 Å². The summed E-state index contributed by atoms with van der Waals surface area (Å²) in [5.74, 6) is -0.314. The van der Waals surface area contributed by atoms with Crippen molar-refractivity contribution in [2.45, 2.75) is 6.18 Å². The lowest BCUT2D eigenvalue weighted by molar-refractivity contribution is -0.136.